The van der Waals surface area contributed by atoms with E-state index < -0.39 is 0 Å². The van der Waals surface area contributed by atoms with Gasteiger partial charge in [0.15, 0.2) is 0 Å². The van der Waals surface area contributed by atoms with E-state index in [2.05, 4.69) is 42.6 Å². The van der Waals surface area contributed by atoms with Gasteiger partial charge in [0, 0.05) is 11.8 Å². The zero-order valence-corrected chi connectivity index (χ0v) is 12.1. The van der Waals surface area contributed by atoms with Gasteiger partial charge in [-0.1, -0.05) is 12.1 Å². The summed E-state index contributed by atoms with van der Waals surface area (Å²) in [6, 6.07) is 12.7. The summed E-state index contributed by atoms with van der Waals surface area (Å²) in [6.45, 7) is 2.16. The van der Waals surface area contributed by atoms with Crippen LogP contribution in [0.1, 0.15) is 22.7 Å². The number of ether oxygens (including phenoxy) is 2. The Labute approximate surface area is 119 Å². The molecule has 3 heteroatoms. The number of hydrogen-bond donors (Lipinski definition) is 1. The van der Waals surface area contributed by atoms with E-state index in [1.54, 1.807) is 14.2 Å². The summed E-state index contributed by atoms with van der Waals surface area (Å²) in [6.07, 6.45) is 0.998. The number of rotatable bonds is 3. The van der Waals surface area contributed by atoms with E-state index in [0.29, 0.717) is 0 Å². The Morgan fingerprint density at radius 2 is 1.75 bits per heavy atom. The van der Waals surface area contributed by atoms with Gasteiger partial charge >= 0.3 is 0 Å². The summed E-state index contributed by atoms with van der Waals surface area (Å²) in [7, 11) is 3.36. The molecular weight excluding hydrogens is 250 g/mol. The monoisotopic (exact) mass is 269 g/mol. The SMILES string of the molecule is COc1cc(OC)cc(C2Cc3c(C)cccc3N2)c1. The summed E-state index contributed by atoms with van der Waals surface area (Å²) in [5, 5.41) is 3.58. The van der Waals surface area contributed by atoms with Crippen LogP contribution >= 0.6 is 0 Å². The zero-order chi connectivity index (χ0) is 14.1. The maximum Gasteiger partial charge on any atom is 0.122 e. The molecule has 104 valence electrons. The van der Waals surface area contributed by atoms with Crippen LogP contribution < -0.4 is 14.8 Å². The van der Waals surface area contributed by atoms with E-state index in [9.17, 15) is 0 Å². The fourth-order valence-electron chi connectivity index (χ4n) is 2.78. The third-order valence-corrected chi connectivity index (χ3v) is 3.92. The van der Waals surface area contributed by atoms with Crippen LogP contribution in [0.5, 0.6) is 11.5 Å². The highest BCUT2D eigenvalue weighted by molar-refractivity contribution is 5.61. The van der Waals surface area contributed by atoms with Crippen LogP contribution in [-0.2, 0) is 6.42 Å². The molecule has 0 radical (unpaired) electrons. The molecule has 0 bridgehead atoms. The van der Waals surface area contributed by atoms with Gasteiger partial charge in [0.05, 0.1) is 20.3 Å². The van der Waals surface area contributed by atoms with Crippen molar-refractivity contribution in [3.05, 3.63) is 53.1 Å². The second-order valence-electron chi connectivity index (χ2n) is 5.15. The van der Waals surface area contributed by atoms with Gasteiger partial charge in [-0.25, -0.2) is 0 Å². The average molecular weight is 269 g/mol. The molecule has 0 spiro atoms. The highest BCUT2D eigenvalue weighted by atomic mass is 16.5. The Morgan fingerprint density at radius 1 is 1.05 bits per heavy atom. The molecule has 3 rings (SSSR count). The van der Waals surface area contributed by atoms with E-state index in [4.69, 9.17) is 9.47 Å². The van der Waals surface area contributed by atoms with E-state index in [1.165, 1.54) is 22.4 Å². The summed E-state index contributed by atoms with van der Waals surface area (Å²) in [5.74, 6) is 1.66. The number of fused-ring (bicyclic) bond motifs is 1. The first-order chi connectivity index (χ1) is 9.71. The fraction of sp³-hybridized carbons (Fsp3) is 0.294. The lowest BCUT2D eigenvalue weighted by Gasteiger charge is -2.14. The van der Waals surface area contributed by atoms with Crippen molar-refractivity contribution >= 4 is 5.69 Å². The molecule has 3 nitrogen and oxygen atoms in total. The van der Waals surface area contributed by atoms with Gasteiger partial charge in [-0.3, -0.25) is 0 Å². The van der Waals surface area contributed by atoms with Gasteiger partial charge in [0.25, 0.3) is 0 Å². The molecule has 1 atom stereocenters. The molecule has 1 unspecified atom stereocenters. The van der Waals surface area contributed by atoms with Gasteiger partial charge in [-0.15, -0.1) is 0 Å². The third-order valence-electron chi connectivity index (χ3n) is 3.92. The molecule has 2 aromatic carbocycles. The van der Waals surface area contributed by atoms with Crippen LogP contribution in [0.3, 0.4) is 0 Å². The summed E-state index contributed by atoms with van der Waals surface area (Å²) < 4.78 is 10.7. The minimum Gasteiger partial charge on any atom is -0.497 e. The molecule has 0 aromatic heterocycles. The Bertz CT molecular complexity index is 615. The van der Waals surface area contributed by atoms with Gasteiger partial charge in [-0.2, -0.15) is 0 Å². The number of hydrogen-bond acceptors (Lipinski definition) is 3. The van der Waals surface area contributed by atoms with Crippen molar-refractivity contribution in [3.8, 4) is 11.5 Å². The van der Waals surface area contributed by atoms with Crippen LogP contribution in [-0.4, -0.2) is 14.2 Å². The second kappa shape index (κ2) is 5.08. The zero-order valence-electron chi connectivity index (χ0n) is 12.1. The topological polar surface area (TPSA) is 30.5 Å². The first-order valence-corrected chi connectivity index (χ1v) is 6.79. The molecule has 0 saturated heterocycles. The largest absolute Gasteiger partial charge is 0.497 e. The van der Waals surface area contributed by atoms with Crippen LogP contribution in [0.2, 0.25) is 0 Å². The predicted octanol–water partition coefficient (Wildman–Crippen LogP) is 3.72. The molecule has 20 heavy (non-hydrogen) atoms. The fourth-order valence-corrected chi connectivity index (χ4v) is 2.78. The number of aryl methyl sites for hydroxylation is 1. The molecule has 0 fully saturated rings. The van der Waals surface area contributed by atoms with Crippen molar-refractivity contribution in [3.63, 3.8) is 0 Å². The normalized spacial score (nSPS) is 16.4. The Kier molecular flexibility index (Phi) is 3.26. The first kappa shape index (κ1) is 12.9. The molecule has 2 aromatic rings. The number of benzene rings is 2. The molecule has 0 amide bonds. The van der Waals surface area contributed by atoms with Crippen molar-refractivity contribution in [1.29, 1.82) is 0 Å². The minimum absolute atomic E-state index is 0.273. The average Bonchev–Trinajstić information content (AvgIpc) is 2.92. The smallest absolute Gasteiger partial charge is 0.122 e. The lowest BCUT2D eigenvalue weighted by atomic mass is 9.99. The lowest BCUT2D eigenvalue weighted by molar-refractivity contribution is 0.393. The summed E-state index contributed by atoms with van der Waals surface area (Å²) in [4.78, 5) is 0. The van der Waals surface area contributed by atoms with Crippen LogP contribution in [0.4, 0.5) is 5.69 Å². The highest BCUT2D eigenvalue weighted by Crippen LogP contribution is 2.38. The minimum atomic E-state index is 0.273. The number of anilines is 1. The van der Waals surface area contributed by atoms with E-state index in [-0.39, 0.29) is 6.04 Å². The van der Waals surface area contributed by atoms with Gasteiger partial charge < -0.3 is 14.8 Å². The maximum absolute atomic E-state index is 5.35. The Balaban J connectivity index is 1.94. The quantitative estimate of drug-likeness (QED) is 0.921. The van der Waals surface area contributed by atoms with Crippen molar-refractivity contribution < 1.29 is 9.47 Å². The van der Waals surface area contributed by atoms with Crippen molar-refractivity contribution in [2.24, 2.45) is 0 Å². The second-order valence-corrected chi connectivity index (χ2v) is 5.15. The predicted molar refractivity (Wildman–Crippen MR) is 80.8 cm³/mol. The standard InChI is InChI=1S/C17H19NO2/c1-11-5-4-6-16-15(11)10-17(18-16)12-7-13(19-2)9-14(8-12)20-3/h4-9,17-18H,10H2,1-3H3. The number of methoxy groups -OCH3 is 2. The number of nitrogens with one attached hydrogen (secondary N) is 1. The van der Waals surface area contributed by atoms with Crippen molar-refractivity contribution in [2.45, 2.75) is 19.4 Å². The maximum atomic E-state index is 5.35. The van der Waals surface area contributed by atoms with Crippen LogP contribution in [0.25, 0.3) is 0 Å². The van der Waals surface area contributed by atoms with Crippen molar-refractivity contribution in [2.75, 3.05) is 19.5 Å². The van der Waals surface area contributed by atoms with Gasteiger partial charge in [0.1, 0.15) is 11.5 Å². The molecular formula is C17H19NO2. The molecule has 1 aliphatic rings. The molecule has 1 heterocycles. The highest BCUT2D eigenvalue weighted by Gasteiger charge is 2.24. The summed E-state index contributed by atoms with van der Waals surface area (Å²) >= 11 is 0. The summed E-state index contributed by atoms with van der Waals surface area (Å²) in [5.41, 5.74) is 5.17. The van der Waals surface area contributed by atoms with E-state index in [1.807, 2.05) is 6.07 Å². The Hall–Kier alpha value is -2.16. The molecule has 0 aliphatic carbocycles. The molecule has 0 saturated carbocycles. The van der Waals surface area contributed by atoms with E-state index >= 15 is 0 Å². The van der Waals surface area contributed by atoms with Crippen LogP contribution in [0.15, 0.2) is 36.4 Å². The Morgan fingerprint density at radius 3 is 2.35 bits per heavy atom. The van der Waals surface area contributed by atoms with Gasteiger partial charge in [-0.05, 0) is 48.2 Å². The van der Waals surface area contributed by atoms with Gasteiger partial charge in [0.2, 0.25) is 0 Å². The molecule has 1 N–H and O–H groups in total. The third kappa shape index (κ3) is 2.20. The first-order valence-electron chi connectivity index (χ1n) is 6.79. The van der Waals surface area contributed by atoms with E-state index in [0.717, 1.165) is 17.9 Å². The lowest BCUT2D eigenvalue weighted by Crippen LogP contribution is -2.06. The van der Waals surface area contributed by atoms with Crippen molar-refractivity contribution in [1.82, 2.24) is 0 Å². The van der Waals surface area contributed by atoms with Crippen LogP contribution in [0, 0.1) is 6.92 Å². The molecule has 1 aliphatic heterocycles.